The third-order valence-corrected chi connectivity index (χ3v) is 9.42. The minimum absolute atomic E-state index is 0.112. The van der Waals surface area contributed by atoms with Crippen LogP contribution in [0, 0.1) is 28.6 Å². The van der Waals surface area contributed by atoms with Crippen molar-refractivity contribution >= 4 is 0 Å². The largest absolute Gasteiger partial charge is 0.508 e. The van der Waals surface area contributed by atoms with Gasteiger partial charge in [-0.2, -0.15) is 0 Å². The number of phenols is 1. The van der Waals surface area contributed by atoms with Crippen LogP contribution in [-0.2, 0) is 4.74 Å². The summed E-state index contributed by atoms with van der Waals surface area (Å²) in [5, 5.41) is 9.87. The normalized spacial score (nSPS) is 18.2. The molecule has 4 atom stereocenters. The Morgan fingerprint density at radius 2 is 1.39 bits per heavy atom. The van der Waals surface area contributed by atoms with Gasteiger partial charge in [-0.25, -0.2) is 0 Å². The van der Waals surface area contributed by atoms with E-state index < -0.39 is 0 Å². The molecule has 3 heteroatoms. The topological polar surface area (TPSA) is 38.7 Å². The minimum Gasteiger partial charge on any atom is -0.508 e. The number of hydrogen-bond acceptors (Lipinski definition) is 3. The lowest BCUT2D eigenvalue weighted by atomic mass is 9.60. The highest BCUT2D eigenvalue weighted by Gasteiger charge is 2.40. The molecule has 4 unspecified atom stereocenters. The van der Waals surface area contributed by atoms with Crippen LogP contribution in [0.3, 0.4) is 0 Å². The van der Waals surface area contributed by atoms with E-state index in [0.29, 0.717) is 29.4 Å². The van der Waals surface area contributed by atoms with Crippen molar-refractivity contribution in [2.24, 2.45) is 28.6 Å². The van der Waals surface area contributed by atoms with E-state index in [2.05, 4.69) is 91.8 Å². The van der Waals surface area contributed by atoms with E-state index in [1.165, 1.54) is 43.2 Å². The number of aromatic hydroxyl groups is 1. The summed E-state index contributed by atoms with van der Waals surface area (Å²) in [6.45, 7) is 21.8. The Morgan fingerprint density at radius 3 is 1.95 bits per heavy atom. The molecule has 0 bridgehead atoms. The van der Waals surface area contributed by atoms with Gasteiger partial charge in [0.15, 0.2) is 6.29 Å². The quantitative estimate of drug-likeness (QED) is 0.232. The van der Waals surface area contributed by atoms with Crippen molar-refractivity contribution in [3.63, 3.8) is 0 Å². The van der Waals surface area contributed by atoms with Crippen molar-refractivity contribution in [2.75, 3.05) is 6.61 Å². The standard InChI is InChI=1S/C38H60O3/c1-27(2)35(25-28(3)26-38(8,9)36(37(5,6)7)32-15-19-33(39)20-16-32)31-17-21-34(22-18-31)41-29(4)40-24-23-30-13-11-10-12-14-30/h15-22,27-30,35-36,39H,10-14,23-26H2,1-9H3. The number of phenolic OH excluding ortho intramolecular Hbond substituents is 1. The molecule has 0 radical (unpaired) electrons. The summed E-state index contributed by atoms with van der Waals surface area (Å²) in [5.41, 5.74) is 2.94. The highest BCUT2D eigenvalue weighted by Crippen LogP contribution is 2.51. The highest BCUT2D eigenvalue weighted by atomic mass is 16.7. The summed E-state index contributed by atoms with van der Waals surface area (Å²) in [7, 11) is 0. The van der Waals surface area contributed by atoms with Crippen molar-refractivity contribution in [1.29, 1.82) is 0 Å². The van der Waals surface area contributed by atoms with Crippen LogP contribution in [0.5, 0.6) is 11.5 Å². The van der Waals surface area contributed by atoms with E-state index in [1.807, 2.05) is 19.1 Å². The molecule has 0 aliphatic heterocycles. The Kier molecular flexibility index (Phi) is 12.2. The molecule has 2 aromatic carbocycles. The average Bonchev–Trinajstić information content (AvgIpc) is 2.88. The van der Waals surface area contributed by atoms with Crippen LogP contribution in [0.25, 0.3) is 0 Å². The zero-order chi connectivity index (χ0) is 30.2. The van der Waals surface area contributed by atoms with Crippen molar-refractivity contribution < 1.29 is 14.6 Å². The molecule has 3 nitrogen and oxygen atoms in total. The average molecular weight is 565 g/mol. The Balaban J connectivity index is 1.59. The first kappa shape index (κ1) is 33.5. The van der Waals surface area contributed by atoms with Gasteiger partial charge in [0.05, 0.1) is 6.61 Å². The van der Waals surface area contributed by atoms with Gasteiger partial charge in [0.2, 0.25) is 0 Å². The molecule has 0 heterocycles. The van der Waals surface area contributed by atoms with Gasteiger partial charge in [-0.15, -0.1) is 0 Å². The fourth-order valence-electron chi connectivity index (χ4n) is 8.01. The van der Waals surface area contributed by atoms with E-state index in [-0.39, 0.29) is 17.1 Å². The lowest BCUT2D eigenvalue weighted by Gasteiger charge is -2.45. The van der Waals surface area contributed by atoms with Crippen molar-refractivity contribution in [3.05, 3.63) is 59.7 Å². The minimum atomic E-state index is -0.225. The van der Waals surface area contributed by atoms with Crippen LogP contribution in [0.4, 0.5) is 0 Å². The van der Waals surface area contributed by atoms with Gasteiger partial charge in [-0.05, 0) is 102 Å². The predicted octanol–water partition coefficient (Wildman–Crippen LogP) is 11.1. The fourth-order valence-corrected chi connectivity index (χ4v) is 8.01. The second-order valence-electron chi connectivity index (χ2n) is 15.2. The summed E-state index contributed by atoms with van der Waals surface area (Å²) >= 11 is 0. The Bertz CT molecular complexity index is 1010. The lowest BCUT2D eigenvalue weighted by Crippen LogP contribution is -2.34. The van der Waals surface area contributed by atoms with Gasteiger partial charge < -0.3 is 14.6 Å². The van der Waals surface area contributed by atoms with Gasteiger partial charge in [0, 0.05) is 0 Å². The molecule has 0 saturated heterocycles. The predicted molar refractivity (Wildman–Crippen MR) is 174 cm³/mol. The van der Waals surface area contributed by atoms with Crippen LogP contribution in [0.15, 0.2) is 48.5 Å². The summed E-state index contributed by atoms with van der Waals surface area (Å²) < 4.78 is 12.1. The third-order valence-electron chi connectivity index (χ3n) is 9.42. The van der Waals surface area contributed by atoms with Crippen molar-refractivity contribution in [2.45, 2.75) is 132 Å². The SMILES string of the molecule is CC(CC(c1ccc(OC(C)OCCC2CCCCC2)cc1)C(C)C)CC(C)(C)C(c1ccc(O)cc1)C(C)(C)C. The van der Waals surface area contributed by atoms with E-state index in [1.54, 1.807) is 0 Å². The molecule has 1 saturated carbocycles. The molecular formula is C38H60O3. The maximum atomic E-state index is 9.87. The molecule has 3 rings (SSSR count). The zero-order valence-electron chi connectivity index (χ0n) is 27.7. The second-order valence-corrected chi connectivity index (χ2v) is 15.2. The van der Waals surface area contributed by atoms with E-state index in [9.17, 15) is 5.11 Å². The highest BCUT2D eigenvalue weighted by molar-refractivity contribution is 5.31. The van der Waals surface area contributed by atoms with Crippen molar-refractivity contribution in [1.82, 2.24) is 0 Å². The monoisotopic (exact) mass is 564 g/mol. The van der Waals surface area contributed by atoms with E-state index in [0.717, 1.165) is 37.5 Å². The smallest absolute Gasteiger partial charge is 0.196 e. The Labute approximate surface area is 252 Å². The Hall–Kier alpha value is -2.00. The molecular weight excluding hydrogens is 504 g/mol. The van der Waals surface area contributed by atoms with Crippen LogP contribution in [0.1, 0.15) is 137 Å². The van der Waals surface area contributed by atoms with Gasteiger partial charge in [-0.1, -0.05) is 112 Å². The van der Waals surface area contributed by atoms with E-state index >= 15 is 0 Å². The maximum Gasteiger partial charge on any atom is 0.196 e. The van der Waals surface area contributed by atoms with Crippen LogP contribution >= 0.6 is 0 Å². The molecule has 2 aromatic rings. The number of hydrogen-bond donors (Lipinski definition) is 1. The molecule has 1 aliphatic rings. The number of rotatable bonds is 14. The first-order chi connectivity index (χ1) is 19.3. The summed E-state index contributed by atoms with van der Waals surface area (Å²) in [6, 6.07) is 16.7. The zero-order valence-corrected chi connectivity index (χ0v) is 27.7. The number of ether oxygens (including phenoxy) is 2. The number of benzene rings is 2. The third kappa shape index (κ3) is 10.3. The molecule has 230 valence electrons. The molecule has 0 amide bonds. The van der Waals surface area contributed by atoms with E-state index in [4.69, 9.17) is 9.47 Å². The molecule has 1 N–H and O–H groups in total. The summed E-state index contributed by atoms with van der Waals surface area (Å²) in [4.78, 5) is 0. The maximum absolute atomic E-state index is 9.87. The van der Waals surface area contributed by atoms with Gasteiger partial charge in [-0.3, -0.25) is 0 Å². The van der Waals surface area contributed by atoms with Crippen LogP contribution < -0.4 is 4.74 Å². The van der Waals surface area contributed by atoms with Gasteiger partial charge in [0.1, 0.15) is 11.5 Å². The molecule has 41 heavy (non-hydrogen) atoms. The molecule has 1 fully saturated rings. The van der Waals surface area contributed by atoms with Gasteiger partial charge >= 0.3 is 0 Å². The van der Waals surface area contributed by atoms with Gasteiger partial charge in [0.25, 0.3) is 0 Å². The van der Waals surface area contributed by atoms with Crippen molar-refractivity contribution in [3.8, 4) is 11.5 Å². The summed E-state index contributed by atoms with van der Waals surface area (Å²) in [5.74, 6) is 4.08. The van der Waals surface area contributed by atoms with Crippen LogP contribution in [-0.4, -0.2) is 18.0 Å². The lowest BCUT2D eigenvalue weighted by molar-refractivity contribution is -0.0711. The fraction of sp³-hybridized carbons (Fsp3) is 0.684. The first-order valence-corrected chi connectivity index (χ1v) is 16.4. The molecule has 0 aromatic heterocycles. The Morgan fingerprint density at radius 1 is 0.805 bits per heavy atom. The second kappa shape index (κ2) is 14.9. The first-order valence-electron chi connectivity index (χ1n) is 16.4. The molecule has 1 aliphatic carbocycles. The van der Waals surface area contributed by atoms with Crippen LogP contribution in [0.2, 0.25) is 0 Å². The summed E-state index contributed by atoms with van der Waals surface area (Å²) in [6.07, 6.45) is 10.1. The molecule has 0 spiro atoms.